The first kappa shape index (κ1) is 8.87. The molecule has 14 heavy (non-hydrogen) atoms. The summed E-state index contributed by atoms with van der Waals surface area (Å²) >= 11 is 0. The standard InChI is InChI=1S/C10H10N2O2/c1-6(2)10(13)7-3-4-9-8(5-7)11-12-14-9/h3-6H,1-2H3. The quantitative estimate of drug-likeness (QED) is 0.680. The number of hydrogen-bond donors (Lipinski definition) is 0. The predicted molar refractivity (Wildman–Crippen MR) is 51.0 cm³/mol. The van der Waals surface area contributed by atoms with Crippen molar-refractivity contribution in [2.24, 2.45) is 5.92 Å². The molecule has 4 nitrogen and oxygen atoms in total. The molecular formula is C10H10N2O2. The number of fused-ring (bicyclic) bond motifs is 1. The van der Waals surface area contributed by atoms with Crippen molar-refractivity contribution in [1.29, 1.82) is 0 Å². The Labute approximate surface area is 80.9 Å². The zero-order valence-corrected chi connectivity index (χ0v) is 8.02. The summed E-state index contributed by atoms with van der Waals surface area (Å²) in [5.74, 6) is 0.0993. The summed E-state index contributed by atoms with van der Waals surface area (Å²) in [6.45, 7) is 3.74. The van der Waals surface area contributed by atoms with E-state index in [2.05, 4.69) is 10.4 Å². The number of hydrogen-bond acceptors (Lipinski definition) is 4. The lowest BCUT2D eigenvalue weighted by atomic mass is 10.0. The normalized spacial score (nSPS) is 11.1. The number of Topliss-reactive ketones (excluding diaryl/α,β-unsaturated/α-hetero) is 1. The fourth-order valence-corrected chi connectivity index (χ4v) is 1.27. The topological polar surface area (TPSA) is 56.0 Å². The zero-order chi connectivity index (χ0) is 10.1. The summed E-state index contributed by atoms with van der Waals surface area (Å²) in [6.07, 6.45) is 0. The Morgan fingerprint density at radius 2 is 2.21 bits per heavy atom. The molecule has 0 spiro atoms. The van der Waals surface area contributed by atoms with Gasteiger partial charge in [0.05, 0.1) is 0 Å². The fraction of sp³-hybridized carbons (Fsp3) is 0.300. The number of aromatic nitrogens is 2. The Bertz CT molecular complexity index is 474. The van der Waals surface area contributed by atoms with Gasteiger partial charge in [-0.15, -0.1) is 5.10 Å². The zero-order valence-electron chi connectivity index (χ0n) is 8.02. The fourth-order valence-electron chi connectivity index (χ4n) is 1.27. The van der Waals surface area contributed by atoms with Gasteiger partial charge in [0.2, 0.25) is 0 Å². The van der Waals surface area contributed by atoms with Crippen molar-refractivity contribution >= 4 is 16.9 Å². The molecule has 0 unspecified atom stereocenters. The number of ketones is 1. The van der Waals surface area contributed by atoms with E-state index in [1.165, 1.54) is 0 Å². The van der Waals surface area contributed by atoms with Gasteiger partial charge in [-0.2, -0.15) is 0 Å². The van der Waals surface area contributed by atoms with Crippen LogP contribution in [0.1, 0.15) is 24.2 Å². The van der Waals surface area contributed by atoms with E-state index in [-0.39, 0.29) is 11.7 Å². The molecule has 0 amide bonds. The second-order valence-corrected chi connectivity index (χ2v) is 3.47. The molecule has 1 heterocycles. The Morgan fingerprint density at radius 3 is 2.93 bits per heavy atom. The van der Waals surface area contributed by atoms with Crippen LogP contribution in [0.5, 0.6) is 0 Å². The van der Waals surface area contributed by atoms with Crippen LogP contribution in [-0.2, 0) is 0 Å². The Morgan fingerprint density at radius 1 is 1.43 bits per heavy atom. The van der Waals surface area contributed by atoms with Crippen molar-refractivity contribution in [1.82, 2.24) is 10.4 Å². The third-order valence-electron chi connectivity index (χ3n) is 2.06. The van der Waals surface area contributed by atoms with E-state index in [4.69, 9.17) is 4.52 Å². The maximum atomic E-state index is 11.6. The third-order valence-corrected chi connectivity index (χ3v) is 2.06. The first-order valence-electron chi connectivity index (χ1n) is 4.45. The number of nitrogens with zero attached hydrogens (tertiary/aromatic N) is 2. The Kier molecular flexibility index (Phi) is 2.04. The maximum Gasteiger partial charge on any atom is 0.187 e. The minimum Gasteiger partial charge on any atom is -0.337 e. The first-order chi connectivity index (χ1) is 6.68. The summed E-state index contributed by atoms with van der Waals surface area (Å²) in [6, 6.07) is 5.15. The molecule has 72 valence electrons. The average molecular weight is 190 g/mol. The lowest BCUT2D eigenvalue weighted by Gasteiger charge is -2.02. The number of rotatable bonds is 2. The third kappa shape index (κ3) is 1.39. The summed E-state index contributed by atoms with van der Waals surface area (Å²) in [7, 11) is 0. The summed E-state index contributed by atoms with van der Waals surface area (Å²) in [5.41, 5.74) is 1.88. The predicted octanol–water partition coefficient (Wildman–Crippen LogP) is 2.06. The van der Waals surface area contributed by atoms with Gasteiger partial charge < -0.3 is 4.52 Å². The van der Waals surface area contributed by atoms with Crippen molar-refractivity contribution in [2.75, 3.05) is 0 Å². The van der Waals surface area contributed by atoms with Gasteiger partial charge in [-0.1, -0.05) is 13.8 Å². The Hall–Kier alpha value is -1.71. The highest BCUT2D eigenvalue weighted by molar-refractivity contribution is 5.99. The van der Waals surface area contributed by atoms with Crippen molar-refractivity contribution in [3.05, 3.63) is 23.8 Å². The van der Waals surface area contributed by atoms with Crippen LogP contribution in [0, 0.1) is 5.92 Å². The van der Waals surface area contributed by atoms with Gasteiger partial charge in [0.25, 0.3) is 0 Å². The van der Waals surface area contributed by atoms with Gasteiger partial charge in [0.15, 0.2) is 11.4 Å². The molecule has 0 bridgehead atoms. The minimum atomic E-state index is -0.00712. The van der Waals surface area contributed by atoms with Crippen LogP contribution in [0.4, 0.5) is 0 Å². The monoisotopic (exact) mass is 190 g/mol. The summed E-state index contributed by atoms with van der Waals surface area (Å²) < 4.78 is 4.84. The largest absolute Gasteiger partial charge is 0.337 e. The minimum absolute atomic E-state index is 0.00712. The van der Waals surface area contributed by atoms with E-state index in [1.807, 2.05) is 13.8 Å². The number of benzene rings is 1. The molecule has 0 radical (unpaired) electrons. The summed E-state index contributed by atoms with van der Waals surface area (Å²) in [5, 5.41) is 7.16. The van der Waals surface area contributed by atoms with Crippen molar-refractivity contribution in [3.63, 3.8) is 0 Å². The molecule has 1 aromatic heterocycles. The van der Waals surface area contributed by atoms with Crippen LogP contribution in [0.15, 0.2) is 22.7 Å². The van der Waals surface area contributed by atoms with E-state index in [0.717, 1.165) is 0 Å². The van der Waals surface area contributed by atoms with Gasteiger partial charge in [0, 0.05) is 16.8 Å². The van der Waals surface area contributed by atoms with Gasteiger partial charge >= 0.3 is 0 Å². The van der Waals surface area contributed by atoms with E-state index in [9.17, 15) is 4.79 Å². The lowest BCUT2D eigenvalue weighted by molar-refractivity contribution is 0.0939. The van der Waals surface area contributed by atoms with Gasteiger partial charge in [0.1, 0.15) is 5.52 Å². The van der Waals surface area contributed by atoms with Crippen molar-refractivity contribution in [2.45, 2.75) is 13.8 Å². The number of carbonyl (C=O) groups excluding carboxylic acids is 1. The molecule has 0 aliphatic carbocycles. The van der Waals surface area contributed by atoms with Crippen molar-refractivity contribution < 1.29 is 9.32 Å². The smallest absolute Gasteiger partial charge is 0.187 e. The second-order valence-electron chi connectivity index (χ2n) is 3.47. The van der Waals surface area contributed by atoms with Gasteiger partial charge in [-0.3, -0.25) is 4.79 Å². The van der Waals surface area contributed by atoms with Crippen molar-refractivity contribution in [3.8, 4) is 0 Å². The van der Waals surface area contributed by atoms with Crippen LogP contribution in [0.3, 0.4) is 0 Å². The van der Waals surface area contributed by atoms with Gasteiger partial charge in [-0.05, 0) is 18.2 Å². The molecule has 0 aliphatic rings. The molecular weight excluding hydrogens is 180 g/mol. The van der Waals surface area contributed by atoms with E-state index >= 15 is 0 Å². The molecule has 0 aliphatic heterocycles. The molecule has 0 saturated heterocycles. The highest BCUT2D eigenvalue weighted by atomic mass is 16.5. The molecule has 1 aromatic carbocycles. The lowest BCUT2D eigenvalue weighted by Crippen LogP contribution is -2.06. The van der Waals surface area contributed by atoms with Gasteiger partial charge in [-0.25, -0.2) is 0 Å². The first-order valence-corrected chi connectivity index (χ1v) is 4.45. The van der Waals surface area contributed by atoms with Crippen LogP contribution < -0.4 is 0 Å². The van der Waals surface area contributed by atoms with E-state index in [1.54, 1.807) is 18.2 Å². The molecule has 4 heteroatoms. The van der Waals surface area contributed by atoms with Crippen LogP contribution in [-0.4, -0.2) is 16.2 Å². The van der Waals surface area contributed by atoms with Crippen LogP contribution >= 0.6 is 0 Å². The maximum absolute atomic E-state index is 11.6. The van der Waals surface area contributed by atoms with Crippen LogP contribution in [0.2, 0.25) is 0 Å². The molecule has 0 saturated carbocycles. The highest BCUT2D eigenvalue weighted by Crippen LogP contribution is 2.15. The SMILES string of the molecule is CC(C)C(=O)c1ccc2onnc2c1. The molecule has 2 aromatic rings. The second kappa shape index (κ2) is 3.21. The molecule has 2 rings (SSSR count). The van der Waals surface area contributed by atoms with Crippen LogP contribution in [0.25, 0.3) is 11.1 Å². The van der Waals surface area contributed by atoms with E-state index in [0.29, 0.717) is 16.7 Å². The molecule has 0 N–H and O–H groups in total. The highest BCUT2D eigenvalue weighted by Gasteiger charge is 2.11. The summed E-state index contributed by atoms with van der Waals surface area (Å²) in [4.78, 5) is 11.6. The average Bonchev–Trinajstić information content (AvgIpc) is 2.62. The molecule has 0 fully saturated rings. The Balaban J connectivity index is 2.48. The molecule has 0 atom stereocenters. The number of carbonyl (C=O) groups is 1. The van der Waals surface area contributed by atoms with E-state index < -0.39 is 0 Å².